The summed E-state index contributed by atoms with van der Waals surface area (Å²) in [5, 5.41) is 20.3. The van der Waals surface area contributed by atoms with Crippen molar-refractivity contribution in [3.63, 3.8) is 0 Å². The van der Waals surface area contributed by atoms with Gasteiger partial charge in [0, 0.05) is 37.5 Å². The molecule has 1 aliphatic rings. The van der Waals surface area contributed by atoms with Crippen molar-refractivity contribution >= 4 is 34.4 Å². The van der Waals surface area contributed by atoms with Gasteiger partial charge in [0.05, 0.1) is 17.6 Å². The first-order valence-electron chi connectivity index (χ1n) is 13.5. The quantitative estimate of drug-likeness (QED) is 0.370. The molecule has 3 aromatic rings. The van der Waals surface area contributed by atoms with Crippen molar-refractivity contribution in [2.45, 2.75) is 66.2 Å². The van der Waals surface area contributed by atoms with Crippen molar-refractivity contribution in [3.05, 3.63) is 59.3 Å². The zero-order chi connectivity index (χ0) is 27.7. The first-order chi connectivity index (χ1) is 18.2. The molecule has 4 rings (SSSR count). The van der Waals surface area contributed by atoms with Crippen LogP contribution in [0.25, 0.3) is 10.9 Å². The summed E-state index contributed by atoms with van der Waals surface area (Å²) in [5.41, 5.74) is 5.08. The van der Waals surface area contributed by atoms with Gasteiger partial charge in [-0.2, -0.15) is 5.10 Å². The summed E-state index contributed by atoms with van der Waals surface area (Å²) in [4.78, 5) is 36.9. The van der Waals surface area contributed by atoms with Gasteiger partial charge < -0.3 is 15.3 Å². The van der Waals surface area contributed by atoms with Gasteiger partial charge in [-0.3, -0.25) is 19.5 Å². The smallest absolute Gasteiger partial charge is 0.307 e. The number of nitrogens with one attached hydrogen (secondary N) is 2. The van der Waals surface area contributed by atoms with Gasteiger partial charge in [0.25, 0.3) is 0 Å². The van der Waals surface area contributed by atoms with Crippen molar-refractivity contribution in [1.82, 2.24) is 15.1 Å². The molecule has 0 aliphatic carbocycles. The molecule has 1 atom stereocenters. The van der Waals surface area contributed by atoms with Crippen LogP contribution >= 0.6 is 0 Å². The molecule has 2 heterocycles. The molecule has 38 heavy (non-hydrogen) atoms. The number of aliphatic carboxylic acids is 1. The van der Waals surface area contributed by atoms with E-state index >= 15 is 0 Å². The molecule has 3 N–H and O–H groups in total. The van der Waals surface area contributed by atoms with Crippen molar-refractivity contribution in [1.29, 1.82) is 0 Å². The van der Waals surface area contributed by atoms with Gasteiger partial charge in [-0.15, -0.1) is 0 Å². The molecule has 1 fully saturated rings. The molecule has 8 nitrogen and oxygen atoms in total. The Balaban J connectivity index is 0.000000260. The number of anilines is 1. The molecular weight excluding hydrogens is 480 g/mol. The number of H-pyrrole nitrogens is 1. The molecule has 1 saturated heterocycles. The van der Waals surface area contributed by atoms with E-state index < -0.39 is 11.9 Å². The molecule has 0 saturated carbocycles. The number of aromatic amines is 1. The third-order valence-corrected chi connectivity index (χ3v) is 7.04. The fourth-order valence-electron chi connectivity index (χ4n) is 4.88. The van der Waals surface area contributed by atoms with Gasteiger partial charge in [-0.25, -0.2) is 0 Å². The summed E-state index contributed by atoms with van der Waals surface area (Å²) in [7, 11) is 0. The van der Waals surface area contributed by atoms with Crippen LogP contribution in [0.2, 0.25) is 0 Å². The van der Waals surface area contributed by atoms with E-state index in [0.29, 0.717) is 12.3 Å². The summed E-state index contributed by atoms with van der Waals surface area (Å²) in [5.74, 6) is -1.02. The Labute approximate surface area is 224 Å². The van der Waals surface area contributed by atoms with Crippen molar-refractivity contribution in [2.75, 3.05) is 18.4 Å². The van der Waals surface area contributed by atoms with Crippen molar-refractivity contribution < 1.29 is 19.5 Å². The molecule has 1 aromatic heterocycles. The molecule has 0 radical (unpaired) electrons. The standard InChI is InChI=1S/C19H25N3O3.C11H15NO/c1-12-3-5-22(6-4-12)17(23)10-15(19(24)25)8-14-7-13(2)18-16(9-14)11-20-21-18;1-3-6-10-7-4-5-8-11(10)12-9(2)13/h7,9,11-12,15H,3-6,8,10H2,1-2H3,(H,20,21)(H,24,25);4-5,7-8H,3,6H2,1-2H3,(H,12,13). The maximum atomic E-state index is 12.5. The monoisotopic (exact) mass is 520 g/mol. The van der Waals surface area contributed by atoms with E-state index in [9.17, 15) is 19.5 Å². The Kier molecular flexibility index (Phi) is 10.4. The van der Waals surface area contributed by atoms with Crippen LogP contribution in [0.5, 0.6) is 0 Å². The molecule has 1 aliphatic heterocycles. The average Bonchev–Trinajstić information content (AvgIpc) is 3.35. The highest BCUT2D eigenvalue weighted by Crippen LogP contribution is 2.23. The zero-order valence-corrected chi connectivity index (χ0v) is 22.9. The van der Waals surface area contributed by atoms with E-state index in [2.05, 4.69) is 35.4 Å². The van der Waals surface area contributed by atoms with Crippen molar-refractivity contribution in [2.24, 2.45) is 11.8 Å². The third kappa shape index (κ3) is 8.16. The lowest BCUT2D eigenvalue weighted by Crippen LogP contribution is -2.39. The van der Waals surface area contributed by atoms with E-state index in [-0.39, 0.29) is 18.2 Å². The first kappa shape index (κ1) is 28.9. The highest BCUT2D eigenvalue weighted by molar-refractivity contribution is 5.89. The number of carbonyl (C=O) groups excluding carboxylic acids is 2. The SMILES string of the molecule is CCCc1ccccc1NC(C)=O.Cc1cc(CC(CC(=O)N2CCC(C)CC2)C(=O)O)cc2cn[nH]c12. The van der Waals surface area contributed by atoms with Crippen LogP contribution in [0, 0.1) is 18.8 Å². The van der Waals surface area contributed by atoms with Crippen molar-refractivity contribution in [3.8, 4) is 0 Å². The summed E-state index contributed by atoms with van der Waals surface area (Å²) in [6.45, 7) is 9.31. The normalized spacial score (nSPS) is 14.5. The number of likely N-dealkylation sites (tertiary alicyclic amines) is 1. The molecule has 204 valence electrons. The number of fused-ring (bicyclic) bond motifs is 1. The van der Waals surface area contributed by atoms with E-state index in [1.807, 2.05) is 42.2 Å². The van der Waals surface area contributed by atoms with E-state index in [1.165, 1.54) is 12.5 Å². The second-order valence-corrected chi connectivity index (χ2v) is 10.3. The van der Waals surface area contributed by atoms with Gasteiger partial charge in [-0.05, 0) is 67.3 Å². The second kappa shape index (κ2) is 13.7. The predicted molar refractivity (Wildman–Crippen MR) is 150 cm³/mol. The fraction of sp³-hybridized carbons (Fsp3) is 0.467. The number of benzene rings is 2. The van der Waals surface area contributed by atoms with Crippen LogP contribution in [0.3, 0.4) is 0 Å². The lowest BCUT2D eigenvalue weighted by atomic mass is 9.93. The van der Waals surface area contributed by atoms with Gasteiger partial charge in [-0.1, -0.05) is 44.5 Å². The molecule has 0 spiro atoms. The summed E-state index contributed by atoms with van der Waals surface area (Å²) in [6, 6.07) is 11.8. The number of carboxylic acid groups (broad SMARTS) is 1. The van der Waals surface area contributed by atoms with E-state index in [4.69, 9.17) is 0 Å². The Morgan fingerprint density at radius 3 is 2.55 bits per heavy atom. The minimum atomic E-state index is -0.913. The number of hydrogen-bond donors (Lipinski definition) is 3. The van der Waals surface area contributed by atoms with Crippen LogP contribution < -0.4 is 5.32 Å². The molecule has 8 heteroatoms. The Hall–Kier alpha value is -3.68. The molecule has 0 bridgehead atoms. The highest BCUT2D eigenvalue weighted by atomic mass is 16.4. The average molecular weight is 521 g/mol. The summed E-state index contributed by atoms with van der Waals surface area (Å²) in [6.07, 6.45) is 6.26. The Bertz CT molecular complexity index is 1240. The van der Waals surface area contributed by atoms with E-state index in [0.717, 1.165) is 66.5 Å². The lowest BCUT2D eigenvalue weighted by molar-refractivity contribution is -0.146. The maximum absolute atomic E-state index is 12.5. The minimum Gasteiger partial charge on any atom is -0.481 e. The number of nitrogens with zero attached hydrogens (tertiary/aromatic N) is 2. The number of amides is 2. The van der Waals surface area contributed by atoms with Gasteiger partial charge in [0.1, 0.15) is 0 Å². The first-order valence-corrected chi connectivity index (χ1v) is 13.5. The maximum Gasteiger partial charge on any atom is 0.307 e. The number of aryl methyl sites for hydroxylation is 2. The van der Waals surface area contributed by atoms with Crippen LogP contribution in [0.15, 0.2) is 42.6 Å². The zero-order valence-electron chi connectivity index (χ0n) is 22.9. The topological polar surface area (TPSA) is 115 Å². The Morgan fingerprint density at radius 1 is 1.18 bits per heavy atom. The number of hydrogen-bond acceptors (Lipinski definition) is 4. The van der Waals surface area contributed by atoms with Gasteiger partial charge in [0.15, 0.2) is 0 Å². The molecule has 1 unspecified atom stereocenters. The third-order valence-electron chi connectivity index (χ3n) is 7.04. The van der Waals surface area contributed by atoms with Gasteiger partial charge >= 0.3 is 5.97 Å². The number of para-hydroxylation sites is 1. The highest BCUT2D eigenvalue weighted by Gasteiger charge is 2.27. The van der Waals surface area contributed by atoms with E-state index in [1.54, 1.807) is 6.20 Å². The van der Waals surface area contributed by atoms with Gasteiger partial charge in [0.2, 0.25) is 11.8 Å². The number of carbonyl (C=O) groups is 3. The number of piperidine rings is 1. The Morgan fingerprint density at radius 2 is 1.89 bits per heavy atom. The van der Waals surface area contributed by atoms with Crippen LogP contribution in [0.4, 0.5) is 5.69 Å². The molecule has 2 aromatic carbocycles. The number of aromatic nitrogens is 2. The summed E-state index contributed by atoms with van der Waals surface area (Å²) < 4.78 is 0. The lowest BCUT2D eigenvalue weighted by Gasteiger charge is -2.31. The molecule has 2 amide bonds. The number of carboxylic acids is 1. The fourth-order valence-corrected chi connectivity index (χ4v) is 4.88. The molecular formula is C30H40N4O4. The van der Waals surface area contributed by atoms with Crippen LogP contribution in [0.1, 0.15) is 63.1 Å². The minimum absolute atomic E-state index is 0.0106. The summed E-state index contributed by atoms with van der Waals surface area (Å²) >= 11 is 0. The van der Waals surface area contributed by atoms with Crippen LogP contribution in [-0.4, -0.2) is 51.1 Å². The van der Waals surface area contributed by atoms with Crippen LogP contribution in [-0.2, 0) is 27.2 Å². The second-order valence-electron chi connectivity index (χ2n) is 10.3. The largest absolute Gasteiger partial charge is 0.481 e. The predicted octanol–water partition coefficient (Wildman–Crippen LogP) is 5.36. The number of rotatable bonds is 8.